The number of nitrogens with one attached hydrogen (secondary N) is 1. The molecule has 2 atom stereocenters. The molecule has 0 heterocycles. The van der Waals surface area contributed by atoms with Crippen LogP contribution in [0, 0.1) is 11.3 Å². The third kappa shape index (κ3) is 4.88. The van der Waals surface area contributed by atoms with Crippen molar-refractivity contribution in [3.05, 3.63) is 0 Å². The SMILES string of the molecule is CC(CNC(=O)[C@H](C)N)C(C)(C)C. The monoisotopic (exact) mass is 186 g/mol. The van der Waals surface area contributed by atoms with Gasteiger partial charge in [0.25, 0.3) is 0 Å². The summed E-state index contributed by atoms with van der Waals surface area (Å²) in [5.74, 6) is 0.381. The van der Waals surface area contributed by atoms with E-state index in [1.807, 2.05) is 0 Å². The number of hydrogen-bond acceptors (Lipinski definition) is 2. The third-order valence-corrected chi connectivity index (χ3v) is 2.47. The quantitative estimate of drug-likeness (QED) is 0.694. The van der Waals surface area contributed by atoms with E-state index in [9.17, 15) is 4.79 Å². The number of amides is 1. The van der Waals surface area contributed by atoms with Gasteiger partial charge in [-0.2, -0.15) is 0 Å². The van der Waals surface area contributed by atoms with Crippen LogP contribution in [0.2, 0.25) is 0 Å². The molecule has 0 rings (SSSR count). The van der Waals surface area contributed by atoms with Crippen molar-refractivity contribution in [3.63, 3.8) is 0 Å². The number of hydrogen-bond donors (Lipinski definition) is 2. The van der Waals surface area contributed by atoms with Crippen molar-refractivity contribution in [2.75, 3.05) is 6.54 Å². The molecule has 3 heteroatoms. The maximum atomic E-state index is 11.1. The van der Waals surface area contributed by atoms with Crippen LogP contribution >= 0.6 is 0 Å². The molecule has 0 aliphatic carbocycles. The lowest BCUT2D eigenvalue weighted by Crippen LogP contribution is -2.41. The maximum absolute atomic E-state index is 11.1. The van der Waals surface area contributed by atoms with Crippen LogP contribution in [0.4, 0.5) is 0 Å². The Hall–Kier alpha value is -0.570. The van der Waals surface area contributed by atoms with Crippen LogP contribution in [0.15, 0.2) is 0 Å². The Morgan fingerprint density at radius 3 is 2.15 bits per heavy atom. The zero-order valence-corrected chi connectivity index (χ0v) is 9.35. The van der Waals surface area contributed by atoms with Crippen molar-refractivity contribution in [3.8, 4) is 0 Å². The first-order valence-electron chi connectivity index (χ1n) is 4.78. The third-order valence-electron chi connectivity index (χ3n) is 2.47. The maximum Gasteiger partial charge on any atom is 0.236 e. The van der Waals surface area contributed by atoms with Crippen LogP contribution in [0.5, 0.6) is 0 Å². The van der Waals surface area contributed by atoms with Crippen molar-refractivity contribution < 1.29 is 4.79 Å². The summed E-state index contributed by atoms with van der Waals surface area (Å²) in [7, 11) is 0. The van der Waals surface area contributed by atoms with E-state index in [2.05, 4.69) is 33.0 Å². The molecule has 78 valence electrons. The van der Waals surface area contributed by atoms with Gasteiger partial charge in [-0.1, -0.05) is 27.7 Å². The number of carbonyl (C=O) groups excluding carboxylic acids is 1. The summed E-state index contributed by atoms with van der Waals surface area (Å²) in [6, 6.07) is -0.410. The molecular formula is C10H22N2O. The van der Waals surface area contributed by atoms with Crippen molar-refractivity contribution >= 4 is 5.91 Å². The summed E-state index contributed by atoms with van der Waals surface area (Å²) in [4.78, 5) is 11.1. The summed E-state index contributed by atoms with van der Waals surface area (Å²) in [6.45, 7) is 11.0. The van der Waals surface area contributed by atoms with Crippen molar-refractivity contribution in [2.24, 2.45) is 17.1 Å². The lowest BCUT2D eigenvalue weighted by molar-refractivity contribution is -0.122. The van der Waals surface area contributed by atoms with Gasteiger partial charge < -0.3 is 11.1 Å². The number of rotatable bonds is 3. The molecule has 0 spiro atoms. The minimum absolute atomic E-state index is 0.0731. The van der Waals surface area contributed by atoms with Gasteiger partial charge in [0.1, 0.15) is 0 Å². The van der Waals surface area contributed by atoms with Crippen LogP contribution in [0.1, 0.15) is 34.6 Å². The van der Waals surface area contributed by atoms with E-state index in [-0.39, 0.29) is 11.3 Å². The van der Waals surface area contributed by atoms with E-state index in [4.69, 9.17) is 5.73 Å². The predicted molar refractivity (Wildman–Crippen MR) is 55.3 cm³/mol. The highest BCUT2D eigenvalue weighted by molar-refractivity contribution is 5.80. The normalized spacial score (nSPS) is 16.5. The van der Waals surface area contributed by atoms with Gasteiger partial charge in [0, 0.05) is 6.54 Å². The van der Waals surface area contributed by atoms with Gasteiger partial charge >= 0.3 is 0 Å². The molecule has 1 amide bonds. The fourth-order valence-electron chi connectivity index (χ4n) is 0.721. The van der Waals surface area contributed by atoms with Crippen LogP contribution in [0.25, 0.3) is 0 Å². The van der Waals surface area contributed by atoms with Crippen molar-refractivity contribution in [1.82, 2.24) is 5.32 Å². The second-order valence-corrected chi connectivity index (χ2v) is 4.80. The van der Waals surface area contributed by atoms with E-state index < -0.39 is 6.04 Å². The van der Waals surface area contributed by atoms with Crippen LogP contribution in [-0.4, -0.2) is 18.5 Å². The molecule has 0 aromatic carbocycles. The van der Waals surface area contributed by atoms with Gasteiger partial charge in [-0.3, -0.25) is 4.79 Å². The number of carbonyl (C=O) groups is 1. The standard InChI is InChI=1S/C10H22N2O/c1-7(10(3,4)5)6-12-9(13)8(2)11/h7-8H,6,11H2,1-5H3,(H,12,13)/t7?,8-/m0/s1. The topological polar surface area (TPSA) is 55.1 Å². The highest BCUT2D eigenvalue weighted by atomic mass is 16.2. The molecule has 1 unspecified atom stereocenters. The predicted octanol–water partition coefficient (Wildman–Crippen LogP) is 1.13. The minimum Gasteiger partial charge on any atom is -0.354 e. The second kappa shape index (κ2) is 4.61. The average Bonchev–Trinajstić information content (AvgIpc) is 1.97. The fourth-order valence-corrected chi connectivity index (χ4v) is 0.721. The Morgan fingerprint density at radius 2 is 1.85 bits per heavy atom. The molecular weight excluding hydrogens is 164 g/mol. The van der Waals surface area contributed by atoms with Crippen LogP contribution < -0.4 is 11.1 Å². The van der Waals surface area contributed by atoms with Gasteiger partial charge in [0.05, 0.1) is 6.04 Å². The number of nitrogens with two attached hydrogens (primary N) is 1. The first-order valence-corrected chi connectivity index (χ1v) is 4.78. The van der Waals surface area contributed by atoms with E-state index in [0.29, 0.717) is 12.5 Å². The summed E-state index contributed by atoms with van der Waals surface area (Å²) in [5.41, 5.74) is 5.65. The van der Waals surface area contributed by atoms with Gasteiger partial charge in [-0.25, -0.2) is 0 Å². The molecule has 0 aromatic heterocycles. The van der Waals surface area contributed by atoms with Crippen LogP contribution in [-0.2, 0) is 4.79 Å². The molecule has 13 heavy (non-hydrogen) atoms. The molecule has 0 saturated heterocycles. The zero-order chi connectivity index (χ0) is 10.6. The van der Waals surface area contributed by atoms with Gasteiger partial charge in [-0.15, -0.1) is 0 Å². The van der Waals surface area contributed by atoms with Gasteiger partial charge in [0.2, 0.25) is 5.91 Å². The molecule has 3 nitrogen and oxygen atoms in total. The van der Waals surface area contributed by atoms with E-state index in [1.54, 1.807) is 6.92 Å². The first kappa shape index (κ1) is 12.4. The summed E-state index contributed by atoms with van der Waals surface area (Å²) >= 11 is 0. The Labute approximate surface area is 81.1 Å². The molecule has 0 aliphatic heterocycles. The average molecular weight is 186 g/mol. The Morgan fingerprint density at radius 1 is 1.38 bits per heavy atom. The smallest absolute Gasteiger partial charge is 0.236 e. The fraction of sp³-hybridized carbons (Fsp3) is 0.900. The summed E-state index contributed by atoms with van der Waals surface area (Å²) in [6.07, 6.45) is 0. The Balaban J connectivity index is 3.84. The second-order valence-electron chi connectivity index (χ2n) is 4.80. The lowest BCUT2D eigenvalue weighted by atomic mass is 9.82. The Bertz CT molecular complexity index is 170. The molecule has 0 saturated carbocycles. The highest BCUT2D eigenvalue weighted by Gasteiger charge is 2.20. The van der Waals surface area contributed by atoms with Crippen molar-refractivity contribution in [2.45, 2.75) is 40.7 Å². The molecule has 0 bridgehead atoms. The summed E-state index contributed by atoms with van der Waals surface area (Å²) < 4.78 is 0. The van der Waals surface area contributed by atoms with Crippen molar-refractivity contribution in [1.29, 1.82) is 0 Å². The molecule has 0 aromatic rings. The molecule has 3 N–H and O–H groups in total. The van der Waals surface area contributed by atoms with Gasteiger partial charge in [-0.05, 0) is 18.3 Å². The summed E-state index contributed by atoms with van der Waals surface area (Å²) in [5, 5.41) is 2.82. The molecule has 0 radical (unpaired) electrons. The highest BCUT2D eigenvalue weighted by Crippen LogP contribution is 2.24. The lowest BCUT2D eigenvalue weighted by Gasteiger charge is -2.27. The Kier molecular flexibility index (Phi) is 4.40. The molecule has 0 aliphatic rings. The zero-order valence-electron chi connectivity index (χ0n) is 9.35. The first-order chi connectivity index (χ1) is 5.75. The van der Waals surface area contributed by atoms with E-state index >= 15 is 0 Å². The van der Waals surface area contributed by atoms with Gasteiger partial charge in [0.15, 0.2) is 0 Å². The molecule has 0 fully saturated rings. The van der Waals surface area contributed by atoms with Crippen LogP contribution in [0.3, 0.4) is 0 Å². The van der Waals surface area contributed by atoms with E-state index in [0.717, 1.165) is 0 Å². The van der Waals surface area contributed by atoms with E-state index in [1.165, 1.54) is 0 Å². The minimum atomic E-state index is -0.410. The largest absolute Gasteiger partial charge is 0.354 e.